The van der Waals surface area contributed by atoms with E-state index in [1.807, 2.05) is 0 Å². The molecule has 5 nitrogen and oxygen atoms in total. The first-order chi connectivity index (χ1) is 5.27. The van der Waals surface area contributed by atoms with Crippen LogP contribution in [0, 0.1) is 0 Å². The molecule has 2 aliphatic heterocycles. The molecule has 0 spiro atoms. The molecule has 0 aromatic carbocycles. The summed E-state index contributed by atoms with van der Waals surface area (Å²) >= 11 is 4.76. The van der Waals surface area contributed by atoms with Gasteiger partial charge in [0.25, 0.3) is 5.91 Å². The van der Waals surface area contributed by atoms with Crippen LogP contribution in [0.1, 0.15) is 0 Å². The molecule has 1 saturated heterocycles. The number of nitrogens with one attached hydrogen (secondary N) is 3. The van der Waals surface area contributed by atoms with Crippen LogP contribution < -0.4 is 16.0 Å². The van der Waals surface area contributed by atoms with E-state index >= 15 is 0 Å². The van der Waals surface area contributed by atoms with Gasteiger partial charge in [-0.15, -0.1) is 0 Å². The van der Waals surface area contributed by atoms with E-state index in [9.17, 15) is 4.79 Å². The fourth-order valence-corrected chi connectivity index (χ4v) is 1.30. The van der Waals surface area contributed by atoms with Gasteiger partial charge in [0.1, 0.15) is 6.04 Å². The fraction of sp³-hybridized carbons (Fsp3) is 0.400. The lowest BCUT2D eigenvalue weighted by Crippen LogP contribution is -2.62. The highest BCUT2D eigenvalue weighted by atomic mass is 32.1. The Balaban J connectivity index is 2.20. The molecular weight excluding hydrogens is 164 g/mol. The van der Waals surface area contributed by atoms with Gasteiger partial charge in [0.15, 0.2) is 11.3 Å². The van der Waals surface area contributed by atoms with Crippen LogP contribution in [-0.4, -0.2) is 29.6 Å². The lowest BCUT2D eigenvalue weighted by atomic mass is 10.2. The summed E-state index contributed by atoms with van der Waals surface area (Å²) in [5.74, 6) is -0.128. The van der Waals surface area contributed by atoms with Crippen molar-refractivity contribution >= 4 is 29.6 Å². The van der Waals surface area contributed by atoms with E-state index in [0.717, 1.165) is 0 Å². The normalized spacial score (nSPS) is 33.8. The summed E-state index contributed by atoms with van der Waals surface area (Å²) in [6, 6.07) is -0.304. The van der Waals surface area contributed by atoms with Gasteiger partial charge in [-0.2, -0.15) is 0 Å². The van der Waals surface area contributed by atoms with E-state index in [0.29, 0.717) is 5.11 Å². The minimum Gasteiger partial charge on any atom is -0.362 e. The third kappa shape index (κ3) is 0.949. The predicted molar refractivity (Wildman–Crippen MR) is 43.1 cm³/mol. The summed E-state index contributed by atoms with van der Waals surface area (Å²) in [5.41, 5.74) is 0. The van der Waals surface area contributed by atoms with Gasteiger partial charge >= 0.3 is 0 Å². The van der Waals surface area contributed by atoms with Crippen LogP contribution in [0.25, 0.3) is 0 Å². The van der Waals surface area contributed by atoms with Crippen molar-refractivity contribution in [1.29, 1.82) is 0 Å². The second-order valence-corrected chi connectivity index (χ2v) is 2.74. The molecule has 2 unspecified atom stereocenters. The number of aliphatic imine (C=N–C) groups is 1. The molecule has 2 aliphatic rings. The molecule has 2 atom stereocenters. The highest BCUT2D eigenvalue weighted by molar-refractivity contribution is 7.80. The van der Waals surface area contributed by atoms with Gasteiger partial charge in [0, 0.05) is 0 Å². The summed E-state index contributed by atoms with van der Waals surface area (Å²) in [7, 11) is 0. The Hall–Kier alpha value is -1.17. The van der Waals surface area contributed by atoms with Crippen molar-refractivity contribution in [2.75, 3.05) is 0 Å². The van der Waals surface area contributed by atoms with Crippen LogP contribution in [0.15, 0.2) is 4.99 Å². The SMILES string of the molecule is O=C1NC(=S)NC2N=CNC12. The molecular formula is C5H6N4OS. The van der Waals surface area contributed by atoms with Crippen LogP contribution in [0.2, 0.25) is 0 Å². The summed E-state index contributed by atoms with van der Waals surface area (Å²) < 4.78 is 0. The Morgan fingerprint density at radius 3 is 3.27 bits per heavy atom. The topological polar surface area (TPSA) is 65.5 Å². The summed E-state index contributed by atoms with van der Waals surface area (Å²) in [5, 5.41) is 8.48. The molecule has 0 aromatic heterocycles. The number of rotatable bonds is 0. The Labute approximate surface area is 68.3 Å². The first kappa shape index (κ1) is 6.53. The van der Waals surface area contributed by atoms with E-state index in [2.05, 4.69) is 20.9 Å². The van der Waals surface area contributed by atoms with Crippen molar-refractivity contribution in [2.24, 2.45) is 4.99 Å². The number of amides is 1. The Morgan fingerprint density at radius 1 is 1.64 bits per heavy atom. The molecule has 0 saturated carbocycles. The quantitative estimate of drug-likeness (QED) is 0.380. The molecule has 0 radical (unpaired) electrons. The Bertz CT molecular complexity index is 251. The zero-order valence-electron chi connectivity index (χ0n) is 5.50. The predicted octanol–water partition coefficient (Wildman–Crippen LogP) is -1.68. The Kier molecular flexibility index (Phi) is 1.28. The van der Waals surface area contributed by atoms with Gasteiger partial charge in [0.2, 0.25) is 0 Å². The number of carbonyl (C=O) groups excluding carboxylic acids is 1. The highest BCUT2D eigenvalue weighted by Crippen LogP contribution is 2.04. The monoisotopic (exact) mass is 170 g/mol. The Morgan fingerprint density at radius 2 is 2.45 bits per heavy atom. The van der Waals surface area contributed by atoms with E-state index in [1.165, 1.54) is 6.34 Å². The van der Waals surface area contributed by atoms with Crippen molar-refractivity contribution in [3.05, 3.63) is 0 Å². The molecule has 58 valence electrons. The fourth-order valence-electron chi connectivity index (χ4n) is 1.08. The minimum atomic E-state index is -0.304. The minimum absolute atomic E-state index is 0.128. The third-order valence-corrected chi connectivity index (χ3v) is 1.82. The van der Waals surface area contributed by atoms with Gasteiger partial charge < -0.3 is 16.0 Å². The first-order valence-electron chi connectivity index (χ1n) is 3.16. The standard InChI is InChI=1S/C5H6N4OS/c10-4-2-3(7-1-6-2)8-5(11)9-4/h1-3H,(H,6,7)(H2,8,9,10,11). The second-order valence-electron chi connectivity index (χ2n) is 2.33. The maximum absolute atomic E-state index is 11.1. The summed E-state index contributed by atoms with van der Waals surface area (Å²) in [6.45, 7) is 0. The van der Waals surface area contributed by atoms with Crippen molar-refractivity contribution in [1.82, 2.24) is 16.0 Å². The largest absolute Gasteiger partial charge is 0.362 e. The molecule has 6 heteroatoms. The van der Waals surface area contributed by atoms with Gasteiger partial charge in [-0.3, -0.25) is 4.79 Å². The van der Waals surface area contributed by atoms with Crippen molar-refractivity contribution < 1.29 is 4.79 Å². The highest BCUT2D eigenvalue weighted by Gasteiger charge is 2.35. The molecule has 2 heterocycles. The van der Waals surface area contributed by atoms with Gasteiger partial charge in [0.05, 0.1) is 6.34 Å². The third-order valence-electron chi connectivity index (χ3n) is 1.60. The molecule has 1 amide bonds. The smallest absolute Gasteiger partial charge is 0.252 e. The van der Waals surface area contributed by atoms with Crippen molar-refractivity contribution in [3.8, 4) is 0 Å². The van der Waals surface area contributed by atoms with Gasteiger partial charge in [-0.25, -0.2) is 4.99 Å². The number of hydrogen-bond donors (Lipinski definition) is 3. The van der Waals surface area contributed by atoms with Gasteiger partial charge in [-0.05, 0) is 12.2 Å². The van der Waals surface area contributed by atoms with E-state index in [1.54, 1.807) is 0 Å². The number of hydrogen-bond acceptors (Lipinski definition) is 4. The zero-order chi connectivity index (χ0) is 7.84. The zero-order valence-corrected chi connectivity index (χ0v) is 6.31. The summed E-state index contributed by atoms with van der Waals surface area (Å²) in [6.07, 6.45) is 1.28. The molecule has 0 aliphatic carbocycles. The number of thiocarbonyl (C=S) groups is 1. The van der Waals surface area contributed by atoms with Crippen LogP contribution in [0.4, 0.5) is 0 Å². The number of fused-ring (bicyclic) bond motifs is 1. The lowest BCUT2D eigenvalue weighted by Gasteiger charge is -2.25. The van der Waals surface area contributed by atoms with Crippen LogP contribution >= 0.6 is 12.2 Å². The van der Waals surface area contributed by atoms with Crippen LogP contribution in [0.5, 0.6) is 0 Å². The van der Waals surface area contributed by atoms with E-state index in [4.69, 9.17) is 12.2 Å². The molecule has 3 N–H and O–H groups in total. The van der Waals surface area contributed by atoms with Crippen LogP contribution in [-0.2, 0) is 4.79 Å². The number of nitrogens with zero attached hydrogens (tertiary/aromatic N) is 1. The maximum atomic E-state index is 11.1. The molecule has 1 fully saturated rings. The van der Waals surface area contributed by atoms with Crippen molar-refractivity contribution in [2.45, 2.75) is 12.2 Å². The molecule has 0 aromatic rings. The average molecular weight is 170 g/mol. The second kappa shape index (κ2) is 2.16. The van der Waals surface area contributed by atoms with E-state index in [-0.39, 0.29) is 18.1 Å². The first-order valence-corrected chi connectivity index (χ1v) is 3.57. The van der Waals surface area contributed by atoms with E-state index < -0.39 is 0 Å². The lowest BCUT2D eigenvalue weighted by molar-refractivity contribution is -0.122. The maximum Gasteiger partial charge on any atom is 0.252 e. The molecule has 11 heavy (non-hydrogen) atoms. The summed E-state index contributed by atoms with van der Waals surface area (Å²) in [4.78, 5) is 15.1. The van der Waals surface area contributed by atoms with Crippen molar-refractivity contribution in [3.63, 3.8) is 0 Å². The van der Waals surface area contributed by atoms with Crippen LogP contribution in [0.3, 0.4) is 0 Å². The average Bonchev–Trinajstić information content (AvgIpc) is 2.34. The number of carbonyl (C=O) groups is 1. The molecule has 2 rings (SSSR count). The molecule has 0 bridgehead atoms. The van der Waals surface area contributed by atoms with Gasteiger partial charge in [-0.1, -0.05) is 0 Å².